The van der Waals surface area contributed by atoms with Crippen molar-refractivity contribution in [3.63, 3.8) is 0 Å². The minimum absolute atomic E-state index is 0.0735. The van der Waals surface area contributed by atoms with E-state index in [1.807, 2.05) is 0 Å². The van der Waals surface area contributed by atoms with Crippen molar-refractivity contribution in [3.05, 3.63) is 46.5 Å². The number of aromatic nitrogens is 2. The van der Waals surface area contributed by atoms with Gasteiger partial charge in [0.1, 0.15) is 17.5 Å². The SMILES string of the molecule is O=C(Nc1ccn(C2OC(CO)CC2(F)F)c(=O)n1)c1ccc2c(c1)SCO2. The molecule has 1 saturated heterocycles. The van der Waals surface area contributed by atoms with E-state index in [9.17, 15) is 18.4 Å². The molecule has 2 N–H and O–H groups in total. The fourth-order valence-electron chi connectivity index (χ4n) is 3.00. The quantitative estimate of drug-likeness (QED) is 0.792. The first-order valence-corrected chi connectivity index (χ1v) is 9.30. The van der Waals surface area contributed by atoms with Gasteiger partial charge in [0.15, 0.2) is 0 Å². The number of amides is 1. The van der Waals surface area contributed by atoms with E-state index >= 15 is 0 Å². The van der Waals surface area contributed by atoms with Crippen LogP contribution in [-0.2, 0) is 4.74 Å². The Morgan fingerprint density at radius 3 is 2.96 bits per heavy atom. The maximum atomic E-state index is 14.0. The molecule has 148 valence electrons. The van der Waals surface area contributed by atoms with Crippen molar-refractivity contribution < 1.29 is 28.2 Å². The van der Waals surface area contributed by atoms with Crippen LogP contribution in [0.5, 0.6) is 5.75 Å². The van der Waals surface area contributed by atoms with Crippen molar-refractivity contribution >= 4 is 23.5 Å². The van der Waals surface area contributed by atoms with Gasteiger partial charge < -0.3 is 19.9 Å². The molecule has 0 aliphatic carbocycles. The highest BCUT2D eigenvalue weighted by Gasteiger charge is 2.51. The van der Waals surface area contributed by atoms with Crippen molar-refractivity contribution in [3.8, 4) is 5.75 Å². The lowest BCUT2D eigenvalue weighted by Crippen LogP contribution is -2.35. The summed E-state index contributed by atoms with van der Waals surface area (Å²) in [5, 5.41) is 11.5. The topological polar surface area (TPSA) is 103 Å². The van der Waals surface area contributed by atoms with Gasteiger partial charge in [-0.1, -0.05) is 11.8 Å². The van der Waals surface area contributed by atoms with Crippen LogP contribution in [0.3, 0.4) is 0 Å². The lowest BCUT2D eigenvalue weighted by atomic mass is 10.2. The molecule has 2 atom stereocenters. The molecule has 2 unspecified atom stereocenters. The number of carbonyl (C=O) groups excluding carboxylic acids is 1. The number of anilines is 1. The third-order valence-corrected chi connectivity index (χ3v) is 5.21. The number of nitrogens with one attached hydrogen (secondary N) is 1. The Balaban J connectivity index is 1.52. The molecule has 1 aromatic heterocycles. The molecule has 2 aliphatic rings. The van der Waals surface area contributed by atoms with Crippen molar-refractivity contribution in [2.45, 2.75) is 29.6 Å². The maximum absolute atomic E-state index is 14.0. The summed E-state index contributed by atoms with van der Waals surface area (Å²) >= 11 is 1.45. The lowest BCUT2D eigenvalue weighted by Gasteiger charge is -2.19. The molecule has 0 saturated carbocycles. The summed E-state index contributed by atoms with van der Waals surface area (Å²) in [4.78, 5) is 29.0. The van der Waals surface area contributed by atoms with Crippen LogP contribution >= 0.6 is 11.8 Å². The third-order valence-electron chi connectivity index (χ3n) is 4.35. The summed E-state index contributed by atoms with van der Waals surface area (Å²) in [6, 6.07) is 6.14. The molecule has 0 bridgehead atoms. The van der Waals surface area contributed by atoms with E-state index in [1.165, 1.54) is 17.8 Å². The van der Waals surface area contributed by atoms with Gasteiger partial charge in [0, 0.05) is 18.2 Å². The van der Waals surface area contributed by atoms with Crippen LogP contribution in [-0.4, -0.2) is 45.1 Å². The maximum Gasteiger partial charge on any atom is 0.351 e. The van der Waals surface area contributed by atoms with Gasteiger partial charge in [-0.3, -0.25) is 9.36 Å². The highest BCUT2D eigenvalue weighted by atomic mass is 32.2. The van der Waals surface area contributed by atoms with E-state index in [-0.39, 0.29) is 5.82 Å². The van der Waals surface area contributed by atoms with E-state index in [1.54, 1.807) is 18.2 Å². The first kappa shape index (κ1) is 18.8. The Hall–Kier alpha value is -2.50. The Morgan fingerprint density at radius 1 is 1.43 bits per heavy atom. The van der Waals surface area contributed by atoms with E-state index in [0.29, 0.717) is 21.8 Å². The van der Waals surface area contributed by atoms with Crippen LogP contribution in [0.15, 0.2) is 40.2 Å². The summed E-state index contributed by atoms with van der Waals surface area (Å²) in [5.74, 6) is -2.72. The van der Waals surface area contributed by atoms with Crippen molar-refractivity contribution in [2.75, 3.05) is 17.9 Å². The number of alkyl halides is 2. The molecule has 1 amide bonds. The van der Waals surface area contributed by atoms with Crippen LogP contribution in [0.2, 0.25) is 0 Å². The molecule has 2 aliphatic heterocycles. The summed E-state index contributed by atoms with van der Waals surface area (Å²) in [6.45, 7) is -0.577. The minimum Gasteiger partial charge on any atom is -0.481 e. The van der Waals surface area contributed by atoms with Crippen LogP contribution in [0, 0.1) is 0 Å². The van der Waals surface area contributed by atoms with E-state index < -0.39 is 42.9 Å². The molecule has 2 aromatic rings. The number of nitrogens with zero attached hydrogens (tertiary/aromatic N) is 2. The van der Waals surface area contributed by atoms with Crippen LogP contribution in [0.25, 0.3) is 0 Å². The van der Waals surface area contributed by atoms with Gasteiger partial charge in [0.25, 0.3) is 11.8 Å². The minimum atomic E-state index is -3.33. The molecule has 1 aromatic carbocycles. The first-order valence-electron chi connectivity index (χ1n) is 8.32. The predicted octanol–water partition coefficient (Wildman–Crippen LogP) is 1.85. The smallest absolute Gasteiger partial charge is 0.351 e. The number of fused-ring (bicyclic) bond motifs is 1. The average Bonchev–Trinajstić information content (AvgIpc) is 3.24. The Bertz CT molecular complexity index is 984. The molecule has 0 spiro atoms. The van der Waals surface area contributed by atoms with Crippen molar-refractivity contribution in [2.24, 2.45) is 0 Å². The van der Waals surface area contributed by atoms with E-state index in [2.05, 4.69) is 10.3 Å². The van der Waals surface area contributed by atoms with Crippen molar-refractivity contribution in [1.82, 2.24) is 9.55 Å². The lowest BCUT2D eigenvalue weighted by molar-refractivity contribution is -0.120. The highest BCUT2D eigenvalue weighted by Crippen LogP contribution is 2.41. The first-order chi connectivity index (χ1) is 13.4. The zero-order valence-corrected chi connectivity index (χ0v) is 15.1. The van der Waals surface area contributed by atoms with Gasteiger partial charge >= 0.3 is 5.69 Å². The Labute approximate surface area is 161 Å². The van der Waals surface area contributed by atoms with Gasteiger partial charge in [-0.15, -0.1) is 0 Å². The molecule has 8 nitrogen and oxygen atoms in total. The largest absolute Gasteiger partial charge is 0.481 e. The molecule has 11 heteroatoms. The van der Waals surface area contributed by atoms with Gasteiger partial charge in [-0.05, 0) is 24.3 Å². The second kappa shape index (κ2) is 7.15. The molecule has 28 heavy (non-hydrogen) atoms. The number of halogens is 2. The fraction of sp³-hybridized carbons (Fsp3) is 0.353. The molecule has 3 heterocycles. The fourth-order valence-corrected chi connectivity index (χ4v) is 3.79. The third kappa shape index (κ3) is 3.48. The number of rotatable bonds is 4. The number of benzene rings is 1. The standard InChI is InChI=1S/C17H15F2N3O5S/c18-17(19)6-10(7-23)27-15(17)22-4-3-13(21-16(22)25)20-14(24)9-1-2-11-12(5-9)28-8-26-11/h1-5,10,15,23H,6-8H2,(H,20,21,24,25). The van der Waals surface area contributed by atoms with E-state index in [4.69, 9.17) is 14.6 Å². The van der Waals surface area contributed by atoms with E-state index in [0.717, 1.165) is 11.1 Å². The zero-order chi connectivity index (χ0) is 19.9. The van der Waals surface area contributed by atoms with Gasteiger partial charge in [0.2, 0.25) is 6.23 Å². The number of aliphatic hydroxyl groups is 1. The molecule has 1 fully saturated rings. The normalized spacial score (nSPS) is 22.5. The number of thioether (sulfide) groups is 1. The number of carbonyl (C=O) groups is 1. The summed E-state index contributed by atoms with van der Waals surface area (Å²) in [5.41, 5.74) is -0.654. The van der Waals surface area contributed by atoms with Crippen molar-refractivity contribution in [1.29, 1.82) is 0 Å². The average molecular weight is 411 g/mol. The van der Waals surface area contributed by atoms with Gasteiger partial charge in [0.05, 0.1) is 17.6 Å². The monoisotopic (exact) mass is 411 g/mol. The predicted molar refractivity (Wildman–Crippen MR) is 94.8 cm³/mol. The number of ether oxygens (including phenoxy) is 2. The number of hydrogen-bond donors (Lipinski definition) is 2. The summed E-state index contributed by atoms with van der Waals surface area (Å²) in [7, 11) is 0. The molecular weight excluding hydrogens is 396 g/mol. The zero-order valence-electron chi connectivity index (χ0n) is 14.3. The summed E-state index contributed by atoms with van der Waals surface area (Å²) < 4.78 is 39.1. The van der Waals surface area contributed by atoms with Crippen LogP contribution < -0.4 is 15.7 Å². The molecular formula is C17H15F2N3O5S. The summed E-state index contributed by atoms with van der Waals surface area (Å²) in [6.07, 6.45) is -2.54. The van der Waals surface area contributed by atoms with Gasteiger partial charge in [-0.2, -0.15) is 4.98 Å². The molecule has 0 radical (unpaired) electrons. The Kier molecular flexibility index (Phi) is 4.81. The van der Waals surface area contributed by atoms with Crippen LogP contribution in [0.1, 0.15) is 23.0 Å². The number of aliphatic hydroxyl groups excluding tert-OH is 1. The second-order valence-corrected chi connectivity index (χ2v) is 7.25. The second-order valence-electron chi connectivity index (χ2n) is 6.28. The molecule has 4 rings (SSSR count). The van der Waals surface area contributed by atoms with Gasteiger partial charge in [-0.25, -0.2) is 13.6 Å². The van der Waals surface area contributed by atoms with Crippen LogP contribution in [0.4, 0.5) is 14.6 Å². The number of hydrogen-bond acceptors (Lipinski definition) is 7. The highest BCUT2D eigenvalue weighted by molar-refractivity contribution is 7.99. The Morgan fingerprint density at radius 2 is 2.25 bits per heavy atom.